The van der Waals surface area contributed by atoms with Gasteiger partial charge in [0.15, 0.2) is 0 Å². The second-order valence-electron chi connectivity index (χ2n) is 5.51. The Bertz CT molecular complexity index is 715. The lowest BCUT2D eigenvalue weighted by atomic mass is 10.1. The van der Waals surface area contributed by atoms with E-state index in [-0.39, 0.29) is 5.82 Å². The molecule has 3 aromatic rings. The molecule has 2 N–H and O–H groups in total. The van der Waals surface area contributed by atoms with Crippen molar-refractivity contribution in [2.24, 2.45) is 0 Å². The number of hydrogen-bond acceptors (Lipinski definition) is 1. The predicted octanol–water partition coefficient (Wildman–Crippen LogP) is 4.03. The van der Waals surface area contributed by atoms with Gasteiger partial charge in [0, 0.05) is 24.3 Å². The lowest BCUT2D eigenvalue weighted by Gasteiger charge is -2.14. The first-order chi connectivity index (χ1) is 10.2. The molecule has 1 aromatic heterocycles. The van der Waals surface area contributed by atoms with Gasteiger partial charge in [-0.2, -0.15) is 0 Å². The third-order valence-corrected chi connectivity index (χ3v) is 3.73. The summed E-state index contributed by atoms with van der Waals surface area (Å²) in [5, 5.41) is 4.75. The summed E-state index contributed by atoms with van der Waals surface area (Å²) in [5.74, 6) is -0.182. The van der Waals surface area contributed by atoms with Gasteiger partial charge in [0.2, 0.25) is 0 Å². The zero-order chi connectivity index (χ0) is 14.7. The van der Waals surface area contributed by atoms with Gasteiger partial charge in [-0.05, 0) is 54.1 Å². The number of aromatic amines is 1. The summed E-state index contributed by atoms with van der Waals surface area (Å²) in [7, 11) is 0. The molecular formula is C18H19FN2. The number of aromatic nitrogens is 1. The van der Waals surface area contributed by atoms with E-state index in [1.54, 1.807) is 0 Å². The Balaban J connectivity index is 1.57. The largest absolute Gasteiger partial charge is 0.361 e. The standard InChI is InChI=1S/C18H19FN2/c1-13(10-14-3-6-17(19)7-4-14)21-12-15-2-5-16-8-9-20-18(16)11-15/h2-9,11,13,20-21H,10,12H2,1H3. The van der Waals surface area contributed by atoms with Crippen LogP contribution in [0.4, 0.5) is 4.39 Å². The molecule has 2 aromatic carbocycles. The minimum atomic E-state index is -0.182. The van der Waals surface area contributed by atoms with Crippen LogP contribution in [0.3, 0.4) is 0 Å². The van der Waals surface area contributed by atoms with Crippen molar-refractivity contribution in [3.8, 4) is 0 Å². The maximum atomic E-state index is 12.9. The number of fused-ring (bicyclic) bond motifs is 1. The van der Waals surface area contributed by atoms with E-state index in [2.05, 4.69) is 41.5 Å². The number of benzene rings is 2. The molecule has 108 valence electrons. The summed E-state index contributed by atoms with van der Waals surface area (Å²) < 4.78 is 12.9. The van der Waals surface area contributed by atoms with Crippen molar-refractivity contribution in [3.05, 3.63) is 71.7 Å². The number of rotatable bonds is 5. The smallest absolute Gasteiger partial charge is 0.123 e. The van der Waals surface area contributed by atoms with Crippen LogP contribution in [-0.2, 0) is 13.0 Å². The minimum absolute atomic E-state index is 0.182. The molecule has 0 spiro atoms. The zero-order valence-corrected chi connectivity index (χ0v) is 12.1. The Morgan fingerprint density at radius 3 is 2.62 bits per heavy atom. The van der Waals surface area contributed by atoms with Gasteiger partial charge in [0.05, 0.1) is 0 Å². The summed E-state index contributed by atoms with van der Waals surface area (Å²) in [6.45, 7) is 2.98. The SMILES string of the molecule is CC(Cc1ccc(F)cc1)NCc1ccc2cc[nH]c2c1. The van der Waals surface area contributed by atoms with Crippen LogP contribution in [0.2, 0.25) is 0 Å². The van der Waals surface area contributed by atoms with Gasteiger partial charge >= 0.3 is 0 Å². The van der Waals surface area contributed by atoms with E-state index in [4.69, 9.17) is 0 Å². The molecule has 1 heterocycles. The van der Waals surface area contributed by atoms with Crippen molar-refractivity contribution in [3.63, 3.8) is 0 Å². The fourth-order valence-electron chi connectivity index (χ4n) is 2.54. The molecule has 3 heteroatoms. The van der Waals surface area contributed by atoms with Crippen molar-refractivity contribution in [1.29, 1.82) is 0 Å². The van der Waals surface area contributed by atoms with Crippen molar-refractivity contribution in [1.82, 2.24) is 10.3 Å². The van der Waals surface area contributed by atoms with E-state index in [0.717, 1.165) is 18.5 Å². The summed E-state index contributed by atoms with van der Waals surface area (Å²) in [6, 6.07) is 15.6. The Morgan fingerprint density at radius 1 is 1.05 bits per heavy atom. The van der Waals surface area contributed by atoms with Gasteiger partial charge in [-0.15, -0.1) is 0 Å². The van der Waals surface area contributed by atoms with Crippen LogP contribution in [0.5, 0.6) is 0 Å². The highest BCUT2D eigenvalue weighted by Gasteiger charge is 2.04. The van der Waals surface area contributed by atoms with Crippen molar-refractivity contribution in [2.75, 3.05) is 0 Å². The third-order valence-electron chi connectivity index (χ3n) is 3.73. The molecule has 0 amide bonds. The average molecular weight is 282 g/mol. The quantitative estimate of drug-likeness (QED) is 0.726. The lowest BCUT2D eigenvalue weighted by Crippen LogP contribution is -2.27. The fourth-order valence-corrected chi connectivity index (χ4v) is 2.54. The van der Waals surface area contributed by atoms with Crippen molar-refractivity contribution >= 4 is 10.9 Å². The lowest BCUT2D eigenvalue weighted by molar-refractivity contribution is 0.544. The highest BCUT2D eigenvalue weighted by Crippen LogP contribution is 2.14. The highest BCUT2D eigenvalue weighted by molar-refractivity contribution is 5.79. The van der Waals surface area contributed by atoms with Gasteiger partial charge in [-0.1, -0.05) is 24.3 Å². The van der Waals surface area contributed by atoms with Crippen LogP contribution in [0.15, 0.2) is 54.7 Å². The van der Waals surface area contributed by atoms with Gasteiger partial charge in [-0.3, -0.25) is 0 Å². The van der Waals surface area contributed by atoms with E-state index in [1.165, 1.54) is 28.6 Å². The van der Waals surface area contributed by atoms with Crippen LogP contribution in [0.1, 0.15) is 18.1 Å². The van der Waals surface area contributed by atoms with Crippen LogP contribution < -0.4 is 5.32 Å². The molecule has 0 aliphatic rings. The Labute approximate surface area is 124 Å². The average Bonchev–Trinajstić information content (AvgIpc) is 2.95. The normalized spacial score (nSPS) is 12.7. The molecule has 21 heavy (non-hydrogen) atoms. The number of hydrogen-bond donors (Lipinski definition) is 2. The molecule has 0 bridgehead atoms. The Kier molecular flexibility index (Phi) is 4.02. The molecule has 0 fully saturated rings. The van der Waals surface area contributed by atoms with Gasteiger partial charge in [0.25, 0.3) is 0 Å². The number of H-pyrrole nitrogens is 1. The van der Waals surface area contributed by atoms with Gasteiger partial charge < -0.3 is 10.3 Å². The number of halogens is 1. The number of nitrogens with one attached hydrogen (secondary N) is 2. The highest BCUT2D eigenvalue weighted by atomic mass is 19.1. The zero-order valence-electron chi connectivity index (χ0n) is 12.1. The maximum absolute atomic E-state index is 12.9. The molecule has 0 radical (unpaired) electrons. The van der Waals surface area contributed by atoms with Crippen LogP contribution in [0.25, 0.3) is 10.9 Å². The Hall–Kier alpha value is -2.13. The molecule has 0 aliphatic heterocycles. The molecule has 0 aliphatic carbocycles. The summed E-state index contributed by atoms with van der Waals surface area (Å²) >= 11 is 0. The molecule has 1 unspecified atom stereocenters. The topological polar surface area (TPSA) is 27.8 Å². The summed E-state index contributed by atoms with van der Waals surface area (Å²) in [5.41, 5.74) is 3.58. The van der Waals surface area contributed by atoms with Crippen LogP contribution in [0, 0.1) is 5.82 Å². The van der Waals surface area contributed by atoms with Gasteiger partial charge in [-0.25, -0.2) is 4.39 Å². The first-order valence-electron chi connectivity index (χ1n) is 7.24. The molecule has 3 rings (SSSR count). The Morgan fingerprint density at radius 2 is 1.81 bits per heavy atom. The van der Waals surface area contributed by atoms with Gasteiger partial charge in [0.1, 0.15) is 5.82 Å². The monoisotopic (exact) mass is 282 g/mol. The van der Waals surface area contributed by atoms with E-state index in [1.807, 2.05) is 18.3 Å². The second-order valence-corrected chi connectivity index (χ2v) is 5.51. The van der Waals surface area contributed by atoms with Crippen molar-refractivity contribution < 1.29 is 4.39 Å². The van der Waals surface area contributed by atoms with E-state index in [0.29, 0.717) is 6.04 Å². The third kappa shape index (κ3) is 3.50. The van der Waals surface area contributed by atoms with Crippen LogP contribution >= 0.6 is 0 Å². The molecule has 2 nitrogen and oxygen atoms in total. The predicted molar refractivity (Wildman–Crippen MR) is 84.7 cm³/mol. The molecule has 1 atom stereocenters. The molecular weight excluding hydrogens is 263 g/mol. The first-order valence-corrected chi connectivity index (χ1v) is 7.24. The molecule has 0 saturated carbocycles. The summed E-state index contributed by atoms with van der Waals surface area (Å²) in [4.78, 5) is 3.23. The maximum Gasteiger partial charge on any atom is 0.123 e. The second kappa shape index (κ2) is 6.10. The van der Waals surface area contributed by atoms with E-state index in [9.17, 15) is 4.39 Å². The summed E-state index contributed by atoms with van der Waals surface area (Å²) in [6.07, 6.45) is 2.85. The minimum Gasteiger partial charge on any atom is -0.361 e. The van der Waals surface area contributed by atoms with E-state index >= 15 is 0 Å². The molecule has 0 saturated heterocycles. The fraction of sp³-hybridized carbons (Fsp3) is 0.222. The van der Waals surface area contributed by atoms with Crippen LogP contribution in [-0.4, -0.2) is 11.0 Å². The van der Waals surface area contributed by atoms with Crippen molar-refractivity contribution in [2.45, 2.75) is 25.9 Å². The van der Waals surface area contributed by atoms with E-state index < -0.39 is 0 Å². The first kappa shape index (κ1) is 13.8.